The monoisotopic (exact) mass is 347 g/mol. The van der Waals surface area contributed by atoms with E-state index < -0.39 is 0 Å². The number of amides is 1. The fourth-order valence-corrected chi connectivity index (χ4v) is 2.95. The van der Waals surface area contributed by atoms with Gasteiger partial charge in [0, 0.05) is 14.2 Å². The van der Waals surface area contributed by atoms with Gasteiger partial charge in [-0.25, -0.2) is 4.98 Å². The van der Waals surface area contributed by atoms with Gasteiger partial charge in [0.05, 0.1) is 42.9 Å². The summed E-state index contributed by atoms with van der Waals surface area (Å²) in [6, 6.07) is 7.37. The third-order valence-corrected chi connectivity index (χ3v) is 4.05. The van der Waals surface area contributed by atoms with Crippen LogP contribution < -0.4 is 10.1 Å². The first-order chi connectivity index (χ1) is 11.5. The number of nitrogens with one attached hydrogen (secondary N) is 1. The maximum Gasteiger partial charge on any atom is 0.257 e. The number of anilines is 2. The van der Waals surface area contributed by atoms with E-state index in [1.165, 1.54) is 0 Å². The Hall–Kier alpha value is -2.31. The van der Waals surface area contributed by atoms with Crippen molar-refractivity contribution < 1.29 is 14.3 Å². The third-order valence-electron chi connectivity index (χ3n) is 3.86. The molecule has 0 aliphatic carbocycles. The summed E-state index contributed by atoms with van der Waals surface area (Å²) in [6.07, 6.45) is 0. The quantitative estimate of drug-likeness (QED) is 0.841. The molecule has 0 atom stereocenters. The number of hydrogen-bond donors (Lipinski definition) is 1. The first-order valence-electron chi connectivity index (χ1n) is 7.41. The minimum Gasteiger partial charge on any atom is -0.495 e. The van der Waals surface area contributed by atoms with E-state index in [9.17, 15) is 4.79 Å². The number of aromatic nitrogens is 1. The number of hydrogen-bond acceptors (Lipinski definition) is 5. The minimum atomic E-state index is -0.0772. The number of fused-ring (bicyclic) bond motifs is 1. The lowest BCUT2D eigenvalue weighted by Crippen LogP contribution is -2.18. The van der Waals surface area contributed by atoms with Crippen LogP contribution in [0.1, 0.15) is 21.6 Å². The topological polar surface area (TPSA) is 63.7 Å². The van der Waals surface area contributed by atoms with E-state index in [1.807, 2.05) is 18.2 Å². The molecule has 0 radical (unpaired) electrons. The van der Waals surface area contributed by atoms with Crippen molar-refractivity contribution in [3.63, 3.8) is 0 Å². The molecule has 1 aromatic carbocycles. The molecule has 0 bridgehead atoms. The summed E-state index contributed by atoms with van der Waals surface area (Å²) in [5.41, 5.74) is 3.58. The highest BCUT2D eigenvalue weighted by atomic mass is 35.5. The van der Waals surface area contributed by atoms with Crippen LogP contribution in [0, 0.1) is 0 Å². The third kappa shape index (κ3) is 3.02. The van der Waals surface area contributed by atoms with Crippen molar-refractivity contribution in [3.8, 4) is 5.75 Å². The summed E-state index contributed by atoms with van der Waals surface area (Å²) in [4.78, 5) is 18.2. The number of benzene rings is 1. The van der Waals surface area contributed by atoms with Crippen LogP contribution in [-0.4, -0.2) is 37.1 Å². The SMILES string of the molecule is COCc1ccc(Nc2cc(Cl)nc3c2C(=O)N(C)C3)c(OC)c1. The lowest BCUT2D eigenvalue weighted by Gasteiger charge is -2.15. The van der Waals surface area contributed by atoms with Crippen molar-refractivity contribution >= 4 is 28.9 Å². The second-order valence-corrected chi connectivity index (χ2v) is 5.96. The van der Waals surface area contributed by atoms with Crippen molar-refractivity contribution in [1.29, 1.82) is 0 Å². The first kappa shape index (κ1) is 16.5. The number of nitrogens with zero attached hydrogens (tertiary/aromatic N) is 2. The average molecular weight is 348 g/mol. The van der Waals surface area contributed by atoms with Gasteiger partial charge in [-0.05, 0) is 23.8 Å². The average Bonchev–Trinajstić information content (AvgIpc) is 2.83. The molecule has 1 N–H and O–H groups in total. The molecule has 6 nitrogen and oxygen atoms in total. The van der Waals surface area contributed by atoms with Gasteiger partial charge in [-0.2, -0.15) is 0 Å². The normalized spacial score (nSPS) is 13.2. The Morgan fingerprint density at radius 2 is 2.08 bits per heavy atom. The summed E-state index contributed by atoms with van der Waals surface area (Å²) in [6.45, 7) is 0.948. The molecule has 1 aromatic heterocycles. The second kappa shape index (κ2) is 6.67. The van der Waals surface area contributed by atoms with Crippen LogP contribution in [0.5, 0.6) is 5.75 Å². The van der Waals surface area contributed by atoms with E-state index in [2.05, 4.69) is 10.3 Å². The van der Waals surface area contributed by atoms with Crippen molar-refractivity contribution in [3.05, 3.63) is 46.2 Å². The Bertz CT molecular complexity index is 795. The highest BCUT2D eigenvalue weighted by molar-refractivity contribution is 6.30. The Balaban J connectivity index is 1.99. The molecule has 0 fully saturated rings. The number of carbonyl (C=O) groups is 1. The second-order valence-electron chi connectivity index (χ2n) is 5.57. The molecule has 0 spiro atoms. The molecular weight excluding hydrogens is 330 g/mol. The van der Waals surface area contributed by atoms with Crippen LogP contribution in [-0.2, 0) is 17.9 Å². The molecule has 0 unspecified atom stereocenters. The van der Waals surface area contributed by atoms with Gasteiger partial charge in [-0.3, -0.25) is 4.79 Å². The standard InChI is InChI=1S/C17H18ClN3O3/c1-21-8-13-16(17(21)22)12(7-15(18)20-13)19-11-5-4-10(9-23-2)6-14(11)24-3/h4-7H,8-9H2,1-3H3,(H,19,20). The molecule has 1 amide bonds. The summed E-state index contributed by atoms with van der Waals surface area (Å²) < 4.78 is 10.6. The Morgan fingerprint density at radius 3 is 2.79 bits per heavy atom. The number of rotatable bonds is 5. The number of pyridine rings is 1. The molecule has 7 heteroatoms. The van der Waals surface area contributed by atoms with E-state index in [4.69, 9.17) is 21.1 Å². The number of ether oxygens (including phenoxy) is 2. The molecule has 0 saturated heterocycles. The van der Waals surface area contributed by atoms with Crippen molar-refractivity contribution in [1.82, 2.24) is 9.88 Å². The molecule has 24 heavy (non-hydrogen) atoms. The molecule has 1 aliphatic heterocycles. The fraction of sp³-hybridized carbons (Fsp3) is 0.294. The zero-order valence-corrected chi connectivity index (χ0v) is 14.5. The zero-order chi connectivity index (χ0) is 17.3. The van der Waals surface area contributed by atoms with E-state index in [0.29, 0.717) is 41.0 Å². The van der Waals surface area contributed by atoms with Gasteiger partial charge in [0.1, 0.15) is 10.9 Å². The molecule has 2 heterocycles. The van der Waals surface area contributed by atoms with E-state index in [0.717, 1.165) is 11.3 Å². The summed E-state index contributed by atoms with van der Waals surface area (Å²) >= 11 is 6.10. The van der Waals surface area contributed by atoms with Crippen molar-refractivity contribution in [2.45, 2.75) is 13.2 Å². The maximum absolute atomic E-state index is 12.4. The largest absolute Gasteiger partial charge is 0.495 e. The molecule has 0 saturated carbocycles. The number of carbonyl (C=O) groups excluding carboxylic acids is 1. The van der Waals surface area contributed by atoms with Crippen LogP contribution >= 0.6 is 11.6 Å². The van der Waals surface area contributed by atoms with Crippen LogP contribution in [0.3, 0.4) is 0 Å². The predicted molar refractivity (Wildman–Crippen MR) is 92.0 cm³/mol. The fourth-order valence-electron chi connectivity index (χ4n) is 2.74. The van der Waals surface area contributed by atoms with E-state index in [1.54, 1.807) is 32.2 Å². The number of methoxy groups -OCH3 is 2. The van der Waals surface area contributed by atoms with E-state index in [-0.39, 0.29) is 5.91 Å². The number of halogens is 1. The van der Waals surface area contributed by atoms with Gasteiger partial charge in [-0.1, -0.05) is 17.7 Å². The van der Waals surface area contributed by atoms with Gasteiger partial charge in [-0.15, -0.1) is 0 Å². The first-order valence-corrected chi connectivity index (χ1v) is 7.79. The van der Waals surface area contributed by atoms with Crippen LogP contribution in [0.25, 0.3) is 0 Å². The van der Waals surface area contributed by atoms with Gasteiger partial charge in [0.15, 0.2) is 0 Å². The zero-order valence-electron chi connectivity index (χ0n) is 13.7. The Kier molecular flexibility index (Phi) is 4.59. The summed E-state index contributed by atoms with van der Waals surface area (Å²) in [5.74, 6) is 0.580. The lowest BCUT2D eigenvalue weighted by atomic mass is 10.1. The van der Waals surface area contributed by atoms with Gasteiger partial charge in [0.2, 0.25) is 0 Å². The van der Waals surface area contributed by atoms with Gasteiger partial charge >= 0.3 is 0 Å². The summed E-state index contributed by atoms with van der Waals surface area (Å²) in [7, 11) is 4.98. The highest BCUT2D eigenvalue weighted by Crippen LogP contribution is 2.35. The maximum atomic E-state index is 12.4. The Morgan fingerprint density at radius 1 is 1.29 bits per heavy atom. The van der Waals surface area contributed by atoms with Crippen LogP contribution in [0.4, 0.5) is 11.4 Å². The van der Waals surface area contributed by atoms with Crippen molar-refractivity contribution in [2.24, 2.45) is 0 Å². The smallest absolute Gasteiger partial charge is 0.257 e. The Labute approximate surface area is 145 Å². The molecule has 126 valence electrons. The summed E-state index contributed by atoms with van der Waals surface area (Å²) in [5, 5.41) is 3.59. The molecular formula is C17H18ClN3O3. The van der Waals surface area contributed by atoms with Crippen molar-refractivity contribution in [2.75, 3.05) is 26.6 Å². The molecule has 1 aliphatic rings. The lowest BCUT2D eigenvalue weighted by molar-refractivity contribution is 0.0817. The van der Waals surface area contributed by atoms with Gasteiger partial charge in [0.25, 0.3) is 5.91 Å². The van der Waals surface area contributed by atoms with E-state index >= 15 is 0 Å². The van der Waals surface area contributed by atoms with Crippen LogP contribution in [0.2, 0.25) is 5.15 Å². The molecule has 3 rings (SSSR count). The van der Waals surface area contributed by atoms with Gasteiger partial charge < -0.3 is 19.7 Å². The van der Waals surface area contributed by atoms with Crippen LogP contribution in [0.15, 0.2) is 24.3 Å². The molecule has 2 aromatic rings. The predicted octanol–water partition coefficient (Wildman–Crippen LogP) is 3.22. The minimum absolute atomic E-state index is 0.0772. The highest BCUT2D eigenvalue weighted by Gasteiger charge is 2.29.